The van der Waals surface area contributed by atoms with Crippen LogP contribution < -0.4 is 9.64 Å². The van der Waals surface area contributed by atoms with Crippen molar-refractivity contribution in [3.05, 3.63) is 58.6 Å². The Bertz CT molecular complexity index is 786. The van der Waals surface area contributed by atoms with Gasteiger partial charge < -0.3 is 14.5 Å². The normalized spacial score (nSPS) is 14.3. The average Bonchev–Trinajstić information content (AvgIpc) is 2.66. The first kappa shape index (κ1) is 19.6. The van der Waals surface area contributed by atoms with Gasteiger partial charge in [0.15, 0.2) is 0 Å². The van der Waals surface area contributed by atoms with E-state index in [1.54, 1.807) is 0 Å². The molecule has 1 aliphatic heterocycles. The largest absolute Gasteiger partial charge is 0.493 e. The van der Waals surface area contributed by atoms with Gasteiger partial charge in [-0.05, 0) is 61.7 Å². The van der Waals surface area contributed by atoms with E-state index < -0.39 is 0 Å². The van der Waals surface area contributed by atoms with E-state index in [2.05, 4.69) is 36.1 Å². The lowest BCUT2D eigenvalue weighted by atomic mass is 10.2. The monoisotopic (exact) mass is 386 g/mol. The second-order valence-corrected chi connectivity index (χ2v) is 7.51. The summed E-state index contributed by atoms with van der Waals surface area (Å²) in [6, 6.07) is 14.1. The fraction of sp³-hybridized carbons (Fsp3) is 0.409. The lowest BCUT2D eigenvalue weighted by Gasteiger charge is -2.36. The minimum atomic E-state index is 0.218. The summed E-state index contributed by atoms with van der Waals surface area (Å²) in [5.41, 5.74) is 3.52. The topological polar surface area (TPSA) is 32.8 Å². The third kappa shape index (κ3) is 5.39. The second-order valence-electron chi connectivity index (χ2n) is 7.07. The zero-order valence-corrected chi connectivity index (χ0v) is 16.8. The number of benzene rings is 2. The SMILES string of the molecule is Cc1cccc(N2CCN(C(=O)CCCOc3ccc(Cl)cc3C)CC2)c1. The zero-order chi connectivity index (χ0) is 19.2. The molecular formula is C22H27ClN2O2. The maximum absolute atomic E-state index is 12.5. The molecule has 0 bridgehead atoms. The summed E-state index contributed by atoms with van der Waals surface area (Å²) in [5, 5.41) is 0.708. The molecular weight excluding hydrogens is 360 g/mol. The third-order valence-electron chi connectivity index (χ3n) is 4.93. The highest BCUT2D eigenvalue weighted by molar-refractivity contribution is 6.30. The molecule has 0 aromatic heterocycles. The summed E-state index contributed by atoms with van der Waals surface area (Å²) in [5.74, 6) is 1.05. The Morgan fingerprint density at radius 1 is 1.07 bits per heavy atom. The van der Waals surface area contributed by atoms with Crippen LogP contribution in [0.15, 0.2) is 42.5 Å². The highest BCUT2D eigenvalue weighted by atomic mass is 35.5. The van der Waals surface area contributed by atoms with Crippen molar-refractivity contribution in [2.45, 2.75) is 26.7 Å². The lowest BCUT2D eigenvalue weighted by Crippen LogP contribution is -2.48. The number of nitrogens with zero attached hydrogens (tertiary/aromatic N) is 2. The van der Waals surface area contributed by atoms with Gasteiger partial charge in [-0.1, -0.05) is 23.7 Å². The molecule has 0 unspecified atom stereocenters. The molecule has 27 heavy (non-hydrogen) atoms. The van der Waals surface area contributed by atoms with E-state index in [1.807, 2.05) is 30.0 Å². The van der Waals surface area contributed by atoms with E-state index in [-0.39, 0.29) is 5.91 Å². The number of amides is 1. The van der Waals surface area contributed by atoms with Crippen molar-refractivity contribution < 1.29 is 9.53 Å². The molecule has 5 heteroatoms. The first-order chi connectivity index (χ1) is 13.0. The maximum Gasteiger partial charge on any atom is 0.222 e. The smallest absolute Gasteiger partial charge is 0.222 e. The third-order valence-corrected chi connectivity index (χ3v) is 5.16. The molecule has 0 saturated carbocycles. The van der Waals surface area contributed by atoms with Gasteiger partial charge in [0.05, 0.1) is 6.61 Å². The summed E-state index contributed by atoms with van der Waals surface area (Å²) in [6.45, 7) is 7.95. The van der Waals surface area contributed by atoms with E-state index in [0.717, 1.165) is 43.9 Å². The van der Waals surface area contributed by atoms with Gasteiger partial charge in [-0.15, -0.1) is 0 Å². The first-order valence-corrected chi connectivity index (χ1v) is 9.89. The molecule has 1 fully saturated rings. The van der Waals surface area contributed by atoms with E-state index in [4.69, 9.17) is 16.3 Å². The summed E-state index contributed by atoms with van der Waals surface area (Å²) in [7, 11) is 0. The number of piperazine rings is 1. The average molecular weight is 387 g/mol. The predicted molar refractivity (Wildman–Crippen MR) is 111 cm³/mol. The molecule has 2 aromatic carbocycles. The Morgan fingerprint density at radius 2 is 1.85 bits per heavy atom. The number of ether oxygens (including phenoxy) is 1. The number of hydrogen-bond donors (Lipinski definition) is 0. The number of hydrogen-bond acceptors (Lipinski definition) is 3. The fourth-order valence-corrected chi connectivity index (χ4v) is 3.60. The number of rotatable bonds is 6. The van der Waals surface area contributed by atoms with Crippen LogP contribution in [-0.4, -0.2) is 43.6 Å². The standard InChI is InChI=1S/C22H27ClN2O2/c1-17-5-3-6-20(15-17)24-10-12-25(13-11-24)22(26)7-4-14-27-21-9-8-19(23)16-18(21)2/h3,5-6,8-9,15-16H,4,7,10-14H2,1-2H3. The van der Waals surface area contributed by atoms with Gasteiger partial charge in [0.1, 0.15) is 5.75 Å². The van der Waals surface area contributed by atoms with Crippen LogP contribution >= 0.6 is 11.6 Å². The number of carbonyl (C=O) groups is 1. The highest BCUT2D eigenvalue weighted by Crippen LogP contribution is 2.22. The van der Waals surface area contributed by atoms with Crippen LogP contribution in [-0.2, 0) is 4.79 Å². The van der Waals surface area contributed by atoms with Crippen molar-refractivity contribution >= 4 is 23.2 Å². The van der Waals surface area contributed by atoms with Crippen molar-refractivity contribution in [2.24, 2.45) is 0 Å². The van der Waals surface area contributed by atoms with Gasteiger partial charge in [0.25, 0.3) is 0 Å². The second kappa shape index (κ2) is 9.14. The molecule has 4 nitrogen and oxygen atoms in total. The molecule has 1 aliphatic rings. The van der Waals surface area contributed by atoms with E-state index in [9.17, 15) is 4.79 Å². The molecule has 1 amide bonds. The van der Waals surface area contributed by atoms with Crippen LogP contribution in [0.25, 0.3) is 0 Å². The maximum atomic E-state index is 12.5. The van der Waals surface area contributed by atoms with Crippen LogP contribution in [0.5, 0.6) is 5.75 Å². The number of halogens is 1. The van der Waals surface area contributed by atoms with Gasteiger partial charge >= 0.3 is 0 Å². The highest BCUT2D eigenvalue weighted by Gasteiger charge is 2.21. The van der Waals surface area contributed by atoms with Crippen LogP contribution in [0.3, 0.4) is 0 Å². The molecule has 2 aromatic rings. The van der Waals surface area contributed by atoms with Crippen LogP contribution in [0.1, 0.15) is 24.0 Å². The zero-order valence-electron chi connectivity index (χ0n) is 16.1. The van der Waals surface area contributed by atoms with Crippen molar-refractivity contribution in [1.29, 1.82) is 0 Å². The quantitative estimate of drug-likeness (QED) is 0.687. The van der Waals surface area contributed by atoms with Crippen LogP contribution in [0.4, 0.5) is 5.69 Å². The van der Waals surface area contributed by atoms with Crippen molar-refractivity contribution in [2.75, 3.05) is 37.7 Å². The Kier molecular flexibility index (Phi) is 6.62. The molecule has 3 rings (SSSR count). The van der Waals surface area contributed by atoms with Gasteiger partial charge in [0.2, 0.25) is 5.91 Å². The molecule has 0 atom stereocenters. The Balaban J connectivity index is 1.39. The molecule has 1 heterocycles. The summed E-state index contributed by atoms with van der Waals surface area (Å²) < 4.78 is 5.78. The summed E-state index contributed by atoms with van der Waals surface area (Å²) in [6.07, 6.45) is 1.25. The van der Waals surface area contributed by atoms with E-state index in [1.165, 1.54) is 11.3 Å². The van der Waals surface area contributed by atoms with E-state index in [0.29, 0.717) is 18.1 Å². The summed E-state index contributed by atoms with van der Waals surface area (Å²) >= 11 is 5.95. The van der Waals surface area contributed by atoms with E-state index >= 15 is 0 Å². The summed E-state index contributed by atoms with van der Waals surface area (Å²) in [4.78, 5) is 16.8. The number of carbonyl (C=O) groups excluding carboxylic acids is 1. The minimum absolute atomic E-state index is 0.218. The fourth-order valence-electron chi connectivity index (χ4n) is 3.38. The molecule has 0 radical (unpaired) electrons. The van der Waals surface area contributed by atoms with Gasteiger partial charge in [-0.25, -0.2) is 0 Å². The Hall–Kier alpha value is -2.20. The molecule has 0 N–H and O–H groups in total. The molecule has 0 spiro atoms. The Morgan fingerprint density at radius 3 is 2.56 bits per heavy atom. The molecule has 0 aliphatic carbocycles. The molecule has 144 valence electrons. The van der Waals surface area contributed by atoms with Gasteiger partial charge in [-0.2, -0.15) is 0 Å². The van der Waals surface area contributed by atoms with Crippen molar-refractivity contribution in [1.82, 2.24) is 4.90 Å². The first-order valence-electron chi connectivity index (χ1n) is 9.51. The molecule has 1 saturated heterocycles. The lowest BCUT2D eigenvalue weighted by molar-refractivity contribution is -0.131. The number of anilines is 1. The minimum Gasteiger partial charge on any atom is -0.493 e. The van der Waals surface area contributed by atoms with Gasteiger partial charge in [0, 0.05) is 43.3 Å². The van der Waals surface area contributed by atoms with Gasteiger partial charge in [-0.3, -0.25) is 4.79 Å². The predicted octanol–water partition coefficient (Wildman–Crippen LogP) is 4.46. The number of aryl methyl sites for hydroxylation is 2. The van der Waals surface area contributed by atoms with Crippen LogP contribution in [0.2, 0.25) is 5.02 Å². The van der Waals surface area contributed by atoms with Crippen LogP contribution in [0, 0.1) is 13.8 Å². The Labute approximate surface area is 166 Å². The van der Waals surface area contributed by atoms with Crippen molar-refractivity contribution in [3.8, 4) is 5.75 Å². The van der Waals surface area contributed by atoms with Crippen molar-refractivity contribution in [3.63, 3.8) is 0 Å².